The second kappa shape index (κ2) is 12.5. The van der Waals surface area contributed by atoms with E-state index in [0.29, 0.717) is 36.3 Å². The van der Waals surface area contributed by atoms with Crippen LogP contribution < -0.4 is 4.74 Å². The van der Waals surface area contributed by atoms with Gasteiger partial charge in [-0.2, -0.15) is 0 Å². The Morgan fingerprint density at radius 2 is 2.00 bits per heavy atom. The Morgan fingerprint density at radius 1 is 1.26 bits per heavy atom. The summed E-state index contributed by atoms with van der Waals surface area (Å²) in [4.78, 5) is 24.6. The van der Waals surface area contributed by atoms with Crippen LogP contribution in [0.2, 0.25) is 0 Å². The lowest BCUT2D eigenvalue weighted by molar-refractivity contribution is -0.144. The molecule has 0 saturated carbocycles. The number of benzene rings is 1. The summed E-state index contributed by atoms with van der Waals surface area (Å²) in [5.74, 6) is 0.329. The van der Waals surface area contributed by atoms with Gasteiger partial charge in [0.1, 0.15) is 17.5 Å². The number of hydrogen-bond acceptors (Lipinski definition) is 6. The van der Waals surface area contributed by atoms with Crippen molar-refractivity contribution in [1.29, 1.82) is 0 Å². The normalized spacial score (nSPS) is 20.8. The molecule has 0 fully saturated rings. The number of esters is 1. The number of rotatable bonds is 12. The Kier molecular flexibility index (Phi) is 10.1. The summed E-state index contributed by atoms with van der Waals surface area (Å²) in [6.45, 7) is 3.94. The van der Waals surface area contributed by atoms with Crippen molar-refractivity contribution in [3.05, 3.63) is 65.1 Å². The van der Waals surface area contributed by atoms with E-state index < -0.39 is 5.60 Å². The number of ketones is 1. The molecule has 0 amide bonds. The molecule has 31 heavy (non-hydrogen) atoms. The predicted molar refractivity (Wildman–Crippen MR) is 125 cm³/mol. The molecule has 2 rings (SSSR count). The topological polar surface area (TPSA) is 72.8 Å². The number of allylic oxidation sites excluding steroid dienone is 3. The van der Waals surface area contributed by atoms with Gasteiger partial charge in [-0.15, -0.1) is 11.8 Å². The van der Waals surface area contributed by atoms with Gasteiger partial charge in [0, 0.05) is 12.5 Å². The van der Waals surface area contributed by atoms with Gasteiger partial charge in [0.15, 0.2) is 5.78 Å². The Labute approximate surface area is 189 Å². The van der Waals surface area contributed by atoms with Gasteiger partial charge >= 0.3 is 5.97 Å². The molecule has 1 aliphatic rings. The van der Waals surface area contributed by atoms with Gasteiger partial charge in [-0.05, 0) is 56.2 Å². The van der Waals surface area contributed by atoms with Crippen molar-refractivity contribution in [3.63, 3.8) is 0 Å². The first-order chi connectivity index (χ1) is 14.9. The fourth-order valence-corrected chi connectivity index (χ4v) is 4.05. The molecule has 1 aromatic carbocycles. The third-order valence-electron chi connectivity index (χ3n) is 4.97. The molecule has 2 atom stereocenters. The number of aliphatic hydroxyl groups is 1. The van der Waals surface area contributed by atoms with E-state index in [9.17, 15) is 14.7 Å². The Bertz CT molecular complexity index is 828. The van der Waals surface area contributed by atoms with Crippen LogP contribution >= 0.6 is 11.8 Å². The highest BCUT2D eigenvalue weighted by molar-refractivity contribution is 8.03. The third kappa shape index (κ3) is 7.71. The van der Waals surface area contributed by atoms with Crippen LogP contribution in [-0.4, -0.2) is 41.4 Å². The molecular weight excluding hydrogens is 412 g/mol. The maximum absolute atomic E-state index is 12.7. The zero-order valence-corrected chi connectivity index (χ0v) is 19.3. The number of carbonyl (C=O) groups excluding carboxylic acids is 2. The van der Waals surface area contributed by atoms with Gasteiger partial charge in [-0.1, -0.05) is 43.7 Å². The molecule has 5 nitrogen and oxygen atoms in total. The van der Waals surface area contributed by atoms with Crippen LogP contribution in [0.5, 0.6) is 5.75 Å². The molecule has 1 aliphatic carbocycles. The molecule has 0 aromatic heterocycles. The van der Waals surface area contributed by atoms with Gasteiger partial charge in [0.25, 0.3) is 0 Å². The summed E-state index contributed by atoms with van der Waals surface area (Å²) in [7, 11) is 0. The molecule has 168 valence electrons. The molecule has 0 radical (unpaired) electrons. The van der Waals surface area contributed by atoms with E-state index in [1.165, 1.54) is 18.7 Å². The Morgan fingerprint density at radius 3 is 2.65 bits per heavy atom. The van der Waals surface area contributed by atoms with Crippen LogP contribution in [0.4, 0.5) is 0 Å². The van der Waals surface area contributed by atoms with Crippen LogP contribution in [0.3, 0.4) is 0 Å². The van der Waals surface area contributed by atoms with Crippen LogP contribution in [-0.2, 0) is 14.3 Å². The molecule has 0 heterocycles. The molecule has 0 aliphatic heterocycles. The van der Waals surface area contributed by atoms with Crippen LogP contribution in [0.1, 0.15) is 46.0 Å². The van der Waals surface area contributed by atoms with E-state index in [1.807, 2.05) is 43.5 Å². The number of thioether (sulfide) groups is 1. The average Bonchev–Trinajstić information content (AvgIpc) is 2.98. The fraction of sp³-hybridized carbons (Fsp3) is 0.440. The smallest absolute Gasteiger partial charge is 0.303 e. The molecule has 0 spiro atoms. The lowest BCUT2D eigenvalue weighted by atomic mass is 9.90. The molecule has 1 aromatic rings. The average molecular weight is 445 g/mol. The van der Waals surface area contributed by atoms with E-state index >= 15 is 0 Å². The quantitative estimate of drug-likeness (QED) is 0.278. The van der Waals surface area contributed by atoms with E-state index in [-0.39, 0.29) is 17.9 Å². The standard InChI is InChI=1S/C25H32O5S/c1-4-11-21(30-19(2)26)14-10-15-22-24(27)23(31-3)18-25(22,28)16-8-9-17-29-20-12-6-5-7-13-20/h5-7,10,12-15,18,21,28H,4,8-9,11,16-17H2,1-3H3/b14-10+,22-15+. The van der Waals surface area contributed by atoms with E-state index in [2.05, 4.69) is 0 Å². The van der Waals surface area contributed by atoms with Crippen molar-refractivity contribution < 1.29 is 24.2 Å². The van der Waals surface area contributed by atoms with Gasteiger partial charge in [-0.3, -0.25) is 9.59 Å². The highest BCUT2D eigenvalue weighted by atomic mass is 32.2. The molecule has 2 unspecified atom stereocenters. The zero-order valence-electron chi connectivity index (χ0n) is 18.5. The number of Topliss-reactive ketones (excluding diaryl/α,β-unsaturated/α-hetero) is 1. The molecule has 1 N–H and O–H groups in total. The summed E-state index contributed by atoms with van der Waals surface area (Å²) in [5.41, 5.74) is -0.941. The first-order valence-corrected chi connectivity index (χ1v) is 11.9. The summed E-state index contributed by atoms with van der Waals surface area (Å²) >= 11 is 1.34. The highest BCUT2D eigenvalue weighted by Crippen LogP contribution is 2.38. The van der Waals surface area contributed by atoms with Crippen molar-refractivity contribution in [1.82, 2.24) is 0 Å². The van der Waals surface area contributed by atoms with Crippen molar-refractivity contribution >= 4 is 23.5 Å². The van der Waals surface area contributed by atoms with Gasteiger partial charge in [0.2, 0.25) is 0 Å². The minimum atomic E-state index is -1.30. The summed E-state index contributed by atoms with van der Waals surface area (Å²) < 4.78 is 11.0. The molecular formula is C25H32O5S. The van der Waals surface area contributed by atoms with Crippen molar-refractivity contribution in [2.24, 2.45) is 0 Å². The van der Waals surface area contributed by atoms with E-state index in [1.54, 1.807) is 24.3 Å². The molecule has 0 bridgehead atoms. The van der Waals surface area contributed by atoms with Crippen LogP contribution in [0, 0.1) is 0 Å². The van der Waals surface area contributed by atoms with Crippen molar-refractivity contribution in [3.8, 4) is 5.75 Å². The lowest BCUT2D eigenvalue weighted by Crippen LogP contribution is -2.28. The van der Waals surface area contributed by atoms with Crippen LogP contribution in [0.25, 0.3) is 0 Å². The second-order valence-electron chi connectivity index (χ2n) is 7.49. The fourth-order valence-electron chi connectivity index (χ4n) is 3.44. The minimum Gasteiger partial charge on any atom is -0.494 e. The first-order valence-electron chi connectivity index (χ1n) is 10.7. The summed E-state index contributed by atoms with van der Waals surface area (Å²) in [6.07, 6.45) is 11.7. The maximum atomic E-state index is 12.7. The van der Waals surface area contributed by atoms with Crippen molar-refractivity contribution in [2.45, 2.75) is 57.7 Å². The number of carbonyl (C=O) groups is 2. The number of para-hydroxylation sites is 1. The Hall–Kier alpha value is -2.31. The van der Waals surface area contributed by atoms with Crippen molar-refractivity contribution in [2.75, 3.05) is 12.9 Å². The van der Waals surface area contributed by atoms with E-state index in [0.717, 1.165) is 18.6 Å². The monoisotopic (exact) mass is 444 g/mol. The zero-order chi connectivity index (χ0) is 22.7. The lowest BCUT2D eigenvalue weighted by Gasteiger charge is -2.22. The second-order valence-corrected chi connectivity index (χ2v) is 8.33. The molecule has 6 heteroatoms. The largest absolute Gasteiger partial charge is 0.494 e. The highest BCUT2D eigenvalue weighted by Gasteiger charge is 2.40. The number of hydrogen-bond donors (Lipinski definition) is 1. The predicted octanol–water partition coefficient (Wildman–Crippen LogP) is 5.01. The minimum absolute atomic E-state index is 0.153. The summed E-state index contributed by atoms with van der Waals surface area (Å²) in [5, 5.41) is 11.2. The third-order valence-corrected chi connectivity index (χ3v) is 5.71. The van der Waals surface area contributed by atoms with Gasteiger partial charge < -0.3 is 14.6 Å². The SMILES string of the molecule is CCCC(/C=C/C=C1\C(=O)C(SC)=CC1(O)CCCCOc1ccccc1)OC(C)=O. The summed E-state index contributed by atoms with van der Waals surface area (Å²) in [6, 6.07) is 9.60. The number of unbranched alkanes of at least 4 members (excludes halogenated alkanes) is 1. The van der Waals surface area contributed by atoms with Gasteiger partial charge in [0.05, 0.1) is 11.5 Å². The maximum Gasteiger partial charge on any atom is 0.303 e. The number of ether oxygens (including phenoxy) is 2. The van der Waals surface area contributed by atoms with E-state index in [4.69, 9.17) is 9.47 Å². The van der Waals surface area contributed by atoms with Gasteiger partial charge in [-0.25, -0.2) is 0 Å². The van der Waals surface area contributed by atoms with Crippen LogP contribution in [0.15, 0.2) is 65.1 Å². The first kappa shape index (κ1) is 25.0. The molecule has 0 saturated heterocycles. The Balaban J connectivity index is 2.00.